The van der Waals surface area contributed by atoms with Crippen molar-refractivity contribution in [1.82, 2.24) is 0 Å². The summed E-state index contributed by atoms with van der Waals surface area (Å²) in [5, 5.41) is 0. The molecule has 0 bridgehead atoms. The Kier molecular flexibility index (Phi) is 4.68. The highest BCUT2D eigenvalue weighted by Crippen LogP contribution is 2.13. The molecule has 0 aromatic rings. The van der Waals surface area contributed by atoms with Gasteiger partial charge in [-0.25, -0.2) is 0 Å². The first-order chi connectivity index (χ1) is 5.86. The Hall–Kier alpha value is -0.850. The van der Waals surface area contributed by atoms with Gasteiger partial charge in [0.15, 0.2) is 0 Å². The van der Waals surface area contributed by atoms with Crippen molar-refractivity contribution >= 4 is 5.71 Å². The lowest BCUT2D eigenvalue weighted by Crippen LogP contribution is -2.02. The van der Waals surface area contributed by atoms with Gasteiger partial charge in [-0.05, 0) is 39.2 Å². The van der Waals surface area contributed by atoms with Crippen LogP contribution < -0.4 is 0 Å². The number of nitrogens with zero attached hydrogens (tertiary/aromatic N) is 1. The molecule has 0 aromatic heterocycles. The number of rotatable bonds is 3. The predicted molar refractivity (Wildman–Crippen MR) is 61.1 cm³/mol. The molecule has 1 heteroatoms. The van der Waals surface area contributed by atoms with Crippen molar-refractivity contribution in [3.63, 3.8) is 0 Å². The van der Waals surface area contributed by atoms with Crippen LogP contribution in [0.25, 0.3) is 0 Å². The van der Waals surface area contributed by atoms with Gasteiger partial charge in [0.05, 0.1) is 0 Å². The van der Waals surface area contributed by atoms with Crippen LogP contribution in [0.1, 0.15) is 41.5 Å². The van der Waals surface area contributed by atoms with Gasteiger partial charge in [-0.3, -0.25) is 4.99 Å². The third-order valence-corrected chi connectivity index (χ3v) is 2.36. The summed E-state index contributed by atoms with van der Waals surface area (Å²) in [4.78, 5) is 4.53. The highest BCUT2D eigenvalue weighted by molar-refractivity contribution is 5.84. The second-order valence-corrected chi connectivity index (χ2v) is 3.90. The summed E-state index contributed by atoms with van der Waals surface area (Å²) < 4.78 is 0. The van der Waals surface area contributed by atoms with Crippen LogP contribution >= 0.6 is 0 Å². The zero-order chi connectivity index (χ0) is 10.6. The lowest BCUT2D eigenvalue weighted by Gasteiger charge is -2.07. The van der Waals surface area contributed by atoms with Crippen molar-refractivity contribution in [3.8, 4) is 0 Å². The molecule has 0 saturated heterocycles. The molecule has 0 atom stereocenters. The quantitative estimate of drug-likeness (QED) is 0.459. The molecular formula is C12H21N. The molecule has 74 valence electrons. The van der Waals surface area contributed by atoms with Gasteiger partial charge in [0, 0.05) is 11.4 Å². The van der Waals surface area contributed by atoms with Gasteiger partial charge in [0.2, 0.25) is 0 Å². The fraction of sp³-hybridized carbons (Fsp3) is 0.583. The molecule has 13 heavy (non-hydrogen) atoms. The van der Waals surface area contributed by atoms with Crippen molar-refractivity contribution in [2.75, 3.05) is 0 Å². The SMILES string of the molecule is C=C(C)/C(C)=C(C)/N=C(\C)C(C)C. The zero-order valence-electron chi connectivity index (χ0n) is 9.73. The van der Waals surface area contributed by atoms with E-state index < -0.39 is 0 Å². The standard InChI is InChI=1S/C12H21N/c1-8(2)10(5)12(7)13-11(6)9(3)4/h9H,1H2,2-7H3/b12-10+,13-11+. The van der Waals surface area contributed by atoms with Crippen LogP contribution in [-0.2, 0) is 0 Å². The molecule has 0 aliphatic heterocycles. The summed E-state index contributed by atoms with van der Waals surface area (Å²) in [6.07, 6.45) is 0. The minimum absolute atomic E-state index is 0.521. The average Bonchev–Trinajstić information content (AvgIpc) is 2.02. The Morgan fingerprint density at radius 1 is 1.08 bits per heavy atom. The van der Waals surface area contributed by atoms with E-state index in [9.17, 15) is 0 Å². The maximum atomic E-state index is 4.53. The van der Waals surface area contributed by atoms with Crippen LogP contribution in [0.5, 0.6) is 0 Å². The van der Waals surface area contributed by atoms with Gasteiger partial charge >= 0.3 is 0 Å². The molecule has 0 spiro atoms. The highest BCUT2D eigenvalue weighted by Gasteiger charge is 2.00. The van der Waals surface area contributed by atoms with E-state index in [2.05, 4.69) is 39.3 Å². The Bertz CT molecular complexity index is 254. The fourth-order valence-corrected chi connectivity index (χ4v) is 0.786. The maximum Gasteiger partial charge on any atom is 0.0403 e. The molecule has 0 N–H and O–H groups in total. The van der Waals surface area contributed by atoms with E-state index in [0.717, 1.165) is 11.3 Å². The highest BCUT2D eigenvalue weighted by atomic mass is 14.8. The molecule has 0 aliphatic rings. The lowest BCUT2D eigenvalue weighted by molar-refractivity contribution is 0.874. The van der Waals surface area contributed by atoms with Crippen LogP contribution in [0.15, 0.2) is 28.4 Å². The molecule has 0 amide bonds. The van der Waals surface area contributed by atoms with Gasteiger partial charge in [0.25, 0.3) is 0 Å². The van der Waals surface area contributed by atoms with Crippen LogP contribution in [-0.4, -0.2) is 5.71 Å². The molecule has 0 unspecified atom stereocenters. The number of allylic oxidation sites excluding steroid dienone is 3. The van der Waals surface area contributed by atoms with Gasteiger partial charge in [0.1, 0.15) is 0 Å². The number of hydrogen-bond donors (Lipinski definition) is 0. The summed E-state index contributed by atoms with van der Waals surface area (Å²) in [7, 11) is 0. The maximum absolute atomic E-state index is 4.53. The summed E-state index contributed by atoms with van der Waals surface area (Å²) in [6.45, 7) is 16.4. The third kappa shape index (κ3) is 4.07. The molecule has 0 heterocycles. The first-order valence-electron chi connectivity index (χ1n) is 4.74. The third-order valence-electron chi connectivity index (χ3n) is 2.36. The Morgan fingerprint density at radius 2 is 1.54 bits per heavy atom. The molecular weight excluding hydrogens is 158 g/mol. The monoisotopic (exact) mass is 179 g/mol. The fourth-order valence-electron chi connectivity index (χ4n) is 0.786. The summed E-state index contributed by atoms with van der Waals surface area (Å²) >= 11 is 0. The summed E-state index contributed by atoms with van der Waals surface area (Å²) in [5.74, 6) is 0.521. The molecule has 0 fully saturated rings. The minimum Gasteiger partial charge on any atom is -0.262 e. The van der Waals surface area contributed by atoms with Crippen molar-refractivity contribution in [2.45, 2.75) is 41.5 Å². The molecule has 0 aliphatic carbocycles. The van der Waals surface area contributed by atoms with E-state index in [-0.39, 0.29) is 0 Å². The van der Waals surface area contributed by atoms with E-state index in [0.29, 0.717) is 5.92 Å². The molecule has 1 nitrogen and oxygen atoms in total. The minimum atomic E-state index is 0.521. The lowest BCUT2D eigenvalue weighted by atomic mass is 10.1. The van der Waals surface area contributed by atoms with E-state index in [1.165, 1.54) is 11.3 Å². The second-order valence-electron chi connectivity index (χ2n) is 3.90. The van der Waals surface area contributed by atoms with Crippen molar-refractivity contribution in [3.05, 3.63) is 23.4 Å². The summed E-state index contributed by atoms with van der Waals surface area (Å²) in [6, 6.07) is 0. The predicted octanol–water partition coefficient (Wildman–Crippen LogP) is 3.97. The first-order valence-corrected chi connectivity index (χ1v) is 4.74. The van der Waals surface area contributed by atoms with Crippen molar-refractivity contribution in [1.29, 1.82) is 0 Å². The largest absolute Gasteiger partial charge is 0.262 e. The van der Waals surface area contributed by atoms with Crippen LogP contribution in [0.4, 0.5) is 0 Å². The smallest absolute Gasteiger partial charge is 0.0403 e. The van der Waals surface area contributed by atoms with Gasteiger partial charge in [-0.2, -0.15) is 0 Å². The number of hydrogen-bond acceptors (Lipinski definition) is 1. The van der Waals surface area contributed by atoms with Crippen molar-refractivity contribution < 1.29 is 0 Å². The van der Waals surface area contributed by atoms with E-state index in [4.69, 9.17) is 0 Å². The van der Waals surface area contributed by atoms with E-state index in [1.54, 1.807) is 0 Å². The Labute approximate surface area is 82.3 Å². The summed E-state index contributed by atoms with van der Waals surface area (Å²) in [5.41, 5.74) is 4.55. The van der Waals surface area contributed by atoms with Crippen LogP contribution in [0.3, 0.4) is 0 Å². The van der Waals surface area contributed by atoms with Crippen molar-refractivity contribution in [2.24, 2.45) is 10.9 Å². The van der Waals surface area contributed by atoms with Gasteiger partial charge in [-0.15, -0.1) is 0 Å². The average molecular weight is 179 g/mol. The molecule has 0 aromatic carbocycles. The second kappa shape index (κ2) is 5.00. The molecule has 0 radical (unpaired) electrons. The van der Waals surface area contributed by atoms with Crippen LogP contribution in [0, 0.1) is 5.92 Å². The van der Waals surface area contributed by atoms with E-state index in [1.807, 2.05) is 13.8 Å². The van der Waals surface area contributed by atoms with Crippen LogP contribution in [0.2, 0.25) is 0 Å². The zero-order valence-corrected chi connectivity index (χ0v) is 9.73. The van der Waals surface area contributed by atoms with E-state index >= 15 is 0 Å². The Balaban J connectivity index is 4.81. The Morgan fingerprint density at radius 3 is 1.85 bits per heavy atom. The molecule has 0 saturated carbocycles. The van der Waals surface area contributed by atoms with Gasteiger partial charge in [-0.1, -0.05) is 26.0 Å². The first kappa shape index (κ1) is 12.2. The topological polar surface area (TPSA) is 12.4 Å². The molecule has 0 rings (SSSR count). The van der Waals surface area contributed by atoms with Gasteiger partial charge < -0.3 is 0 Å². The normalized spacial score (nSPS) is 14.5. The number of aliphatic imine (C=N–C) groups is 1.